The van der Waals surface area contributed by atoms with Crippen molar-refractivity contribution in [2.45, 2.75) is 106 Å². The molecular formula is C26H41NO. The van der Waals surface area contributed by atoms with E-state index in [1.165, 1.54) is 16.7 Å². The third-order valence-electron chi connectivity index (χ3n) is 5.19. The number of pyridine rings is 2. The fourth-order valence-electron chi connectivity index (χ4n) is 4.32. The van der Waals surface area contributed by atoms with E-state index >= 15 is 0 Å². The Bertz CT molecular complexity index is 932. The van der Waals surface area contributed by atoms with E-state index in [9.17, 15) is 4.79 Å². The van der Waals surface area contributed by atoms with E-state index in [2.05, 4.69) is 95.2 Å². The van der Waals surface area contributed by atoms with Gasteiger partial charge in [-0.1, -0.05) is 83.1 Å². The number of rotatable bonds is 1. The standard InChI is InChI=1S/C26H41NO/c1-23(2,3)16-17-13-14-27-18(15-17)19(24(4,5)6)20(25(7,8)9)21(22(27)28)26(10,11)12/h13-15H,16H2,1-12H3. The molecular weight excluding hydrogens is 342 g/mol. The Morgan fingerprint density at radius 3 is 1.57 bits per heavy atom. The van der Waals surface area contributed by atoms with Gasteiger partial charge in [-0.3, -0.25) is 9.20 Å². The second-order valence-corrected chi connectivity index (χ2v) is 12.7. The molecule has 2 rings (SSSR count). The van der Waals surface area contributed by atoms with Crippen molar-refractivity contribution in [1.82, 2.24) is 4.40 Å². The third kappa shape index (κ3) is 4.53. The maximum absolute atomic E-state index is 13.7. The van der Waals surface area contributed by atoms with Crippen LogP contribution in [0.3, 0.4) is 0 Å². The first-order chi connectivity index (χ1) is 12.3. The van der Waals surface area contributed by atoms with Crippen molar-refractivity contribution in [3.8, 4) is 0 Å². The number of hydrogen-bond acceptors (Lipinski definition) is 1. The molecule has 0 spiro atoms. The lowest BCUT2D eigenvalue weighted by Crippen LogP contribution is -2.37. The second kappa shape index (κ2) is 6.75. The predicted octanol–water partition coefficient (Wildman–Crippen LogP) is 6.78. The fraction of sp³-hybridized carbons (Fsp3) is 0.654. The molecule has 0 amide bonds. The van der Waals surface area contributed by atoms with Gasteiger partial charge >= 0.3 is 0 Å². The van der Waals surface area contributed by atoms with Gasteiger partial charge in [-0.05, 0) is 56.9 Å². The van der Waals surface area contributed by atoms with E-state index in [-0.39, 0.29) is 27.2 Å². The summed E-state index contributed by atoms with van der Waals surface area (Å²) in [6.45, 7) is 26.8. The Morgan fingerprint density at radius 2 is 1.18 bits per heavy atom. The van der Waals surface area contributed by atoms with Gasteiger partial charge in [-0.15, -0.1) is 0 Å². The SMILES string of the molecule is CC(C)(C)Cc1ccn2c(=O)c(C(C)(C)C)c(C(C)(C)C)c(C(C)(C)C)c2c1. The molecule has 2 heterocycles. The van der Waals surface area contributed by atoms with Gasteiger partial charge in [0, 0.05) is 11.8 Å². The van der Waals surface area contributed by atoms with Crippen LogP contribution in [0.5, 0.6) is 0 Å². The van der Waals surface area contributed by atoms with Crippen LogP contribution < -0.4 is 5.56 Å². The minimum Gasteiger partial charge on any atom is -0.284 e. The monoisotopic (exact) mass is 383 g/mol. The van der Waals surface area contributed by atoms with Gasteiger partial charge in [0.25, 0.3) is 5.56 Å². The van der Waals surface area contributed by atoms with E-state index in [0.29, 0.717) is 0 Å². The van der Waals surface area contributed by atoms with E-state index < -0.39 is 0 Å². The maximum Gasteiger partial charge on any atom is 0.259 e. The van der Waals surface area contributed by atoms with Crippen molar-refractivity contribution in [3.05, 3.63) is 50.9 Å². The molecule has 0 unspecified atom stereocenters. The van der Waals surface area contributed by atoms with E-state index in [1.54, 1.807) is 0 Å². The van der Waals surface area contributed by atoms with Crippen LogP contribution in [0.15, 0.2) is 23.1 Å². The van der Waals surface area contributed by atoms with Crippen LogP contribution in [0.2, 0.25) is 0 Å². The summed E-state index contributed by atoms with van der Waals surface area (Å²) in [6.07, 6.45) is 2.99. The average Bonchev–Trinajstić information content (AvgIpc) is 2.40. The molecule has 28 heavy (non-hydrogen) atoms. The molecule has 0 aliphatic rings. The zero-order valence-corrected chi connectivity index (χ0v) is 20.3. The molecule has 2 heteroatoms. The normalized spacial score (nSPS) is 14.0. The second-order valence-electron chi connectivity index (χ2n) is 12.7. The summed E-state index contributed by atoms with van der Waals surface area (Å²) in [4.78, 5) is 13.7. The van der Waals surface area contributed by atoms with Crippen molar-refractivity contribution >= 4 is 5.52 Å². The first kappa shape index (κ1) is 22.7. The van der Waals surface area contributed by atoms with Crippen LogP contribution in [0.25, 0.3) is 5.52 Å². The number of aromatic nitrogens is 1. The molecule has 2 nitrogen and oxygen atoms in total. The highest BCUT2D eigenvalue weighted by Gasteiger charge is 2.36. The summed E-state index contributed by atoms with van der Waals surface area (Å²) in [6, 6.07) is 4.38. The molecule has 0 fully saturated rings. The van der Waals surface area contributed by atoms with Gasteiger partial charge in [-0.25, -0.2) is 0 Å². The minimum atomic E-state index is -0.217. The summed E-state index contributed by atoms with van der Waals surface area (Å²) >= 11 is 0. The van der Waals surface area contributed by atoms with Crippen LogP contribution in [0.1, 0.15) is 105 Å². The summed E-state index contributed by atoms with van der Waals surface area (Å²) in [7, 11) is 0. The topological polar surface area (TPSA) is 21.5 Å². The molecule has 0 saturated carbocycles. The van der Waals surface area contributed by atoms with Crippen LogP contribution in [-0.4, -0.2) is 4.40 Å². The Kier molecular flexibility index (Phi) is 5.47. The first-order valence-corrected chi connectivity index (χ1v) is 10.6. The third-order valence-corrected chi connectivity index (χ3v) is 5.19. The zero-order valence-electron chi connectivity index (χ0n) is 20.3. The number of hydrogen-bond donors (Lipinski definition) is 0. The van der Waals surface area contributed by atoms with Crippen LogP contribution >= 0.6 is 0 Å². The Labute approximate surface area is 172 Å². The van der Waals surface area contributed by atoms with Crippen LogP contribution in [0, 0.1) is 5.41 Å². The summed E-state index contributed by atoms with van der Waals surface area (Å²) < 4.78 is 1.89. The van der Waals surface area contributed by atoms with Gasteiger partial charge in [0.1, 0.15) is 0 Å². The molecule has 0 aliphatic carbocycles. The van der Waals surface area contributed by atoms with Crippen molar-refractivity contribution in [2.24, 2.45) is 5.41 Å². The van der Waals surface area contributed by atoms with Gasteiger partial charge in [0.2, 0.25) is 0 Å². The molecule has 2 aromatic rings. The molecule has 0 bridgehead atoms. The van der Waals surface area contributed by atoms with Crippen LogP contribution in [0.4, 0.5) is 0 Å². The van der Waals surface area contributed by atoms with Gasteiger partial charge in [0.15, 0.2) is 0 Å². The predicted molar refractivity (Wildman–Crippen MR) is 123 cm³/mol. The van der Waals surface area contributed by atoms with Crippen molar-refractivity contribution in [2.75, 3.05) is 0 Å². The lowest BCUT2D eigenvalue weighted by Gasteiger charge is -2.37. The van der Waals surface area contributed by atoms with Crippen molar-refractivity contribution < 1.29 is 0 Å². The van der Waals surface area contributed by atoms with Gasteiger partial charge < -0.3 is 0 Å². The summed E-state index contributed by atoms with van der Waals surface area (Å²) in [5.41, 5.74) is 5.78. The Balaban J connectivity index is 3.13. The van der Waals surface area contributed by atoms with Crippen molar-refractivity contribution in [3.63, 3.8) is 0 Å². The molecule has 0 N–H and O–H groups in total. The van der Waals surface area contributed by atoms with E-state index in [1.807, 2.05) is 10.6 Å². The molecule has 0 atom stereocenters. The lowest BCUT2D eigenvalue weighted by atomic mass is 9.69. The smallest absolute Gasteiger partial charge is 0.259 e. The molecule has 0 radical (unpaired) electrons. The summed E-state index contributed by atoms with van der Waals surface area (Å²) in [5, 5.41) is 0. The van der Waals surface area contributed by atoms with Gasteiger partial charge in [-0.2, -0.15) is 0 Å². The van der Waals surface area contributed by atoms with Gasteiger partial charge in [0.05, 0.1) is 5.52 Å². The zero-order chi connectivity index (χ0) is 21.9. The highest BCUT2D eigenvalue weighted by molar-refractivity contribution is 5.65. The Hall–Kier alpha value is -1.57. The van der Waals surface area contributed by atoms with Crippen LogP contribution in [-0.2, 0) is 22.7 Å². The number of fused-ring (bicyclic) bond motifs is 1. The highest BCUT2D eigenvalue weighted by atomic mass is 16.1. The highest BCUT2D eigenvalue weighted by Crippen LogP contribution is 2.41. The van der Waals surface area contributed by atoms with E-state index in [4.69, 9.17) is 0 Å². The molecule has 2 aromatic heterocycles. The average molecular weight is 384 g/mol. The first-order valence-electron chi connectivity index (χ1n) is 10.6. The molecule has 156 valence electrons. The molecule has 0 aromatic carbocycles. The number of nitrogens with zero attached hydrogens (tertiary/aromatic N) is 1. The Morgan fingerprint density at radius 1 is 0.714 bits per heavy atom. The maximum atomic E-state index is 13.7. The molecule has 0 saturated heterocycles. The van der Waals surface area contributed by atoms with E-state index in [0.717, 1.165) is 17.5 Å². The lowest BCUT2D eigenvalue weighted by molar-refractivity contribution is 0.411. The minimum absolute atomic E-state index is 0.0675. The molecule has 0 aliphatic heterocycles. The fourth-order valence-corrected chi connectivity index (χ4v) is 4.32. The summed E-state index contributed by atoms with van der Waals surface area (Å²) in [5.74, 6) is 0. The van der Waals surface area contributed by atoms with Crippen molar-refractivity contribution in [1.29, 1.82) is 0 Å². The quantitative estimate of drug-likeness (QED) is 0.532. The largest absolute Gasteiger partial charge is 0.284 e.